The minimum atomic E-state index is -2.52. The van der Waals surface area contributed by atoms with E-state index < -0.39 is 5.92 Å². The van der Waals surface area contributed by atoms with Crippen LogP contribution in [-0.2, 0) is 0 Å². The lowest BCUT2D eigenvalue weighted by molar-refractivity contribution is -0.134. The van der Waals surface area contributed by atoms with Crippen molar-refractivity contribution in [3.63, 3.8) is 0 Å². The quantitative estimate of drug-likeness (QED) is 0.830. The van der Waals surface area contributed by atoms with Gasteiger partial charge >= 0.3 is 0 Å². The first kappa shape index (κ1) is 16.7. The minimum Gasteiger partial charge on any atom is -0.485 e. The minimum absolute atomic E-state index is 0.101. The monoisotopic (exact) mass is 287 g/mol. The molecule has 1 aliphatic rings. The molecular formula is C15H23F2NO2. The highest BCUT2D eigenvalue weighted by atomic mass is 19.3. The van der Waals surface area contributed by atoms with Gasteiger partial charge in [-0.3, -0.25) is 0 Å². The third kappa shape index (κ3) is 4.05. The number of aromatic nitrogens is 1. The maximum atomic E-state index is 12.8. The lowest BCUT2D eigenvalue weighted by Crippen LogP contribution is -2.43. The summed E-state index contributed by atoms with van der Waals surface area (Å²) in [5.41, 5.74) is 0.821. The van der Waals surface area contributed by atoms with Crippen LogP contribution in [0, 0.1) is 12.8 Å². The Morgan fingerprint density at radius 1 is 1.30 bits per heavy atom. The zero-order chi connectivity index (χ0) is 15.3. The molecule has 1 fully saturated rings. The molecular weight excluding hydrogens is 264 g/mol. The van der Waals surface area contributed by atoms with Gasteiger partial charge in [-0.25, -0.2) is 13.8 Å². The van der Waals surface area contributed by atoms with E-state index in [0.717, 1.165) is 5.69 Å². The van der Waals surface area contributed by atoms with Crippen LogP contribution in [0.1, 0.15) is 39.3 Å². The second-order valence-corrected chi connectivity index (χ2v) is 4.81. The van der Waals surface area contributed by atoms with Crippen LogP contribution < -0.4 is 9.47 Å². The zero-order valence-corrected chi connectivity index (χ0v) is 12.7. The van der Waals surface area contributed by atoms with Crippen LogP contribution in [0.5, 0.6) is 11.6 Å². The summed E-state index contributed by atoms with van der Waals surface area (Å²) in [5.74, 6) is -1.72. The van der Waals surface area contributed by atoms with E-state index in [0.29, 0.717) is 11.6 Å². The Morgan fingerprint density at radius 2 is 1.90 bits per heavy atom. The fourth-order valence-corrected chi connectivity index (χ4v) is 2.09. The van der Waals surface area contributed by atoms with E-state index in [4.69, 9.17) is 9.47 Å². The molecule has 0 saturated heterocycles. The van der Waals surface area contributed by atoms with Crippen LogP contribution >= 0.6 is 0 Å². The maximum absolute atomic E-state index is 12.8. The number of ether oxygens (including phenoxy) is 2. The molecule has 0 radical (unpaired) electrons. The van der Waals surface area contributed by atoms with E-state index in [9.17, 15) is 8.78 Å². The number of halogens is 2. The van der Waals surface area contributed by atoms with Gasteiger partial charge in [0.1, 0.15) is 0 Å². The molecule has 1 atom stereocenters. The third-order valence-corrected chi connectivity index (χ3v) is 3.26. The van der Waals surface area contributed by atoms with E-state index in [2.05, 4.69) is 4.98 Å². The van der Waals surface area contributed by atoms with Crippen molar-refractivity contribution in [2.24, 2.45) is 5.92 Å². The summed E-state index contributed by atoms with van der Waals surface area (Å²) in [5, 5.41) is 0. The Morgan fingerprint density at radius 3 is 2.40 bits per heavy atom. The number of pyridine rings is 1. The van der Waals surface area contributed by atoms with Crippen LogP contribution in [-0.4, -0.2) is 24.1 Å². The van der Waals surface area contributed by atoms with Crippen molar-refractivity contribution in [1.82, 2.24) is 4.98 Å². The molecule has 0 spiro atoms. The summed E-state index contributed by atoms with van der Waals surface area (Å²) in [6.45, 7) is 7.65. The summed E-state index contributed by atoms with van der Waals surface area (Å²) in [6, 6.07) is 3.56. The number of hydrogen-bond donors (Lipinski definition) is 0. The van der Waals surface area contributed by atoms with Gasteiger partial charge in [-0.1, -0.05) is 13.8 Å². The van der Waals surface area contributed by atoms with E-state index in [1.165, 1.54) is 7.11 Å². The second-order valence-electron chi connectivity index (χ2n) is 4.81. The molecule has 1 aromatic rings. The Bertz CT molecular complexity index is 430. The highest BCUT2D eigenvalue weighted by molar-refractivity contribution is 5.34. The predicted molar refractivity (Wildman–Crippen MR) is 74.6 cm³/mol. The van der Waals surface area contributed by atoms with Crippen LogP contribution in [0.3, 0.4) is 0 Å². The standard InChI is InChI=1S/C13H17F2NO2.C2H6/c1-8-4-5-11(12(16-8)17-3)18-9(2)10-6-13(14,15)7-10;1-2/h4-5,9-10H,6-7H2,1-3H3;1-2H3. The summed E-state index contributed by atoms with van der Waals surface area (Å²) < 4.78 is 36.4. The normalized spacial score (nSPS) is 18.4. The molecule has 0 aromatic carbocycles. The van der Waals surface area contributed by atoms with Gasteiger partial charge in [0.05, 0.1) is 13.2 Å². The average Bonchev–Trinajstić information content (AvgIpc) is 2.40. The first-order valence-electron chi connectivity index (χ1n) is 6.97. The van der Waals surface area contributed by atoms with Gasteiger partial charge in [-0.15, -0.1) is 0 Å². The Balaban J connectivity index is 0.000000956. The molecule has 5 heteroatoms. The molecule has 0 aliphatic heterocycles. The van der Waals surface area contributed by atoms with Gasteiger partial charge in [-0.2, -0.15) is 0 Å². The van der Waals surface area contributed by atoms with Gasteiger partial charge in [-0.05, 0) is 26.0 Å². The maximum Gasteiger partial charge on any atom is 0.256 e. The fourth-order valence-electron chi connectivity index (χ4n) is 2.09. The van der Waals surface area contributed by atoms with Gasteiger partial charge in [0.25, 0.3) is 5.88 Å². The lowest BCUT2D eigenvalue weighted by atomic mass is 9.78. The first-order chi connectivity index (χ1) is 9.41. The summed E-state index contributed by atoms with van der Waals surface area (Å²) >= 11 is 0. The number of hydrogen-bond acceptors (Lipinski definition) is 3. The lowest BCUT2D eigenvalue weighted by Gasteiger charge is -2.38. The van der Waals surface area contributed by atoms with Crippen molar-refractivity contribution in [1.29, 1.82) is 0 Å². The van der Waals surface area contributed by atoms with Crippen LogP contribution in [0.4, 0.5) is 8.78 Å². The highest BCUT2D eigenvalue weighted by Gasteiger charge is 2.48. The second kappa shape index (κ2) is 6.86. The first-order valence-corrected chi connectivity index (χ1v) is 6.97. The Labute approximate surface area is 119 Å². The number of alkyl halides is 2. The van der Waals surface area contributed by atoms with Crippen molar-refractivity contribution >= 4 is 0 Å². The Kier molecular flexibility index (Phi) is 5.72. The van der Waals surface area contributed by atoms with Crippen LogP contribution in [0.2, 0.25) is 0 Å². The van der Waals surface area contributed by atoms with Crippen molar-refractivity contribution in [2.75, 3.05) is 7.11 Å². The number of nitrogens with zero attached hydrogens (tertiary/aromatic N) is 1. The van der Waals surface area contributed by atoms with Crippen molar-refractivity contribution in [2.45, 2.75) is 52.6 Å². The van der Waals surface area contributed by atoms with Gasteiger partial charge in [0, 0.05) is 24.5 Å². The average molecular weight is 287 g/mol. The fraction of sp³-hybridized carbons (Fsp3) is 0.667. The SMILES string of the molecule is CC.COc1nc(C)ccc1OC(C)C1CC(F)(F)C1. The molecule has 2 rings (SSSR count). The molecule has 1 heterocycles. The zero-order valence-electron chi connectivity index (χ0n) is 12.7. The number of methoxy groups -OCH3 is 1. The van der Waals surface area contributed by atoms with E-state index >= 15 is 0 Å². The van der Waals surface area contributed by atoms with Crippen molar-refractivity contribution in [3.8, 4) is 11.6 Å². The molecule has 1 saturated carbocycles. The summed E-state index contributed by atoms with van der Waals surface area (Å²) in [6.07, 6.45) is -0.464. The molecule has 0 amide bonds. The van der Waals surface area contributed by atoms with E-state index in [1.54, 1.807) is 19.1 Å². The summed E-state index contributed by atoms with van der Waals surface area (Å²) in [4.78, 5) is 4.18. The van der Waals surface area contributed by atoms with Crippen molar-refractivity contribution < 1.29 is 18.3 Å². The van der Waals surface area contributed by atoms with Crippen molar-refractivity contribution in [3.05, 3.63) is 17.8 Å². The Hall–Kier alpha value is -1.39. The number of rotatable bonds is 4. The third-order valence-electron chi connectivity index (χ3n) is 3.26. The predicted octanol–water partition coefficient (Wildman–Crippen LogP) is 4.24. The van der Waals surface area contributed by atoms with E-state index in [-0.39, 0.29) is 24.9 Å². The van der Waals surface area contributed by atoms with Crippen LogP contribution in [0.15, 0.2) is 12.1 Å². The molecule has 0 N–H and O–H groups in total. The van der Waals surface area contributed by atoms with Gasteiger partial charge in [0.15, 0.2) is 5.75 Å². The smallest absolute Gasteiger partial charge is 0.256 e. The highest BCUT2D eigenvalue weighted by Crippen LogP contribution is 2.45. The molecule has 1 unspecified atom stereocenters. The molecule has 114 valence electrons. The molecule has 0 bridgehead atoms. The molecule has 20 heavy (non-hydrogen) atoms. The van der Waals surface area contributed by atoms with Gasteiger partial charge < -0.3 is 9.47 Å². The molecule has 1 aliphatic carbocycles. The van der Waals surface area contributed by atoms with Crippen LogP contribution in [0.25, 0.3) is 0 Å². The molecule has 3 nitrogen and oxygen atoms in total. The van der Waals surface area contributed by atoms with E-state index in [1.807, 2.05) is 20.8 Å². The topological polar surface area (TPSA) is 31.4 Å². The number of aryl methyl sites for hydroxylation is 1. The summed E-state index contributed by atoms with van der Waals surface area (Å²) in [7, 11) is 1.51. The molecule has 1 aromatic heterocycles. The van der Waals surface area contributed by atoms with Gasteiger partial charge in [0.2, 0.25) is 5.92 Å². The largest absolute Gasteiger partial charge is 0.485 e.